The van der Waals surface area contributed by atoms with Crippen LogP contribution in [0, 0.1) is 0 Å². The van der Waals surface area contributed by atoms with E-state index in [1.807, 2.05) is 11.8 Å². The molecule has 2 rings (SSSR count). The normalized spacial score (nSPS) is 18.1. The van der Waals surface area contributed by atoms with Gasteiger partial charge in [-0.15, -0.1) is 11.8 Å². The van der Waals surface area contributed by atoms with Gasteiger partial charge in [-0.2, -0.15) is 0 Å². The molecule has 0 spiro atoms. The van der Waals surface area contributed by atoms with Gasteiger partial charge >= 0.3 is 0 Å². The lowest BCUT2D eigenvalue weighted by Gasteiger charge is -2.13. The minimum Gasteiger partial charge on any atom is -0.330 e. The summed E-state index contributed by atoms with van der Waals surface area (Å²) in [5, 5.41) is 0.876. The van der Waals surface area contributed by atoms with Gasteiger partial charge in [0, 0.05) is 10.1 Å². The van der Waals surface area contributed by atoms with Crippen LogP contribution >= 0.6 is 11.8 Å². The van der Waals surface area contributed by atoms with Crippen LogP contribution in [0.2, 0.25) is 0 Å². The van der Waals surface area contributed by atoms with Crippen LogP contribution in [0.3, 0.4) is 0 Å². The van der Waals surface area contributed by atoms with Gasteiger partial charge in [0.1, 0.15) is 0 Å². The van der Waals surface area contributed by atoms with E-state index >= 15 is 0 Å². The zero-order valence-electron chi connectivity index (χ0n) is 8.57. The molecular weight excluding hydrogens is 190 g/mol. The second-order valence-corrected chi connectivity index (χ2v) is 5.33. The number of hydrogen-bond acceptors (Lipinski definition) is 2. The number of thioether (sulfide) groups is 1. The van der Waals surface area contributed by atoms with E-state index in [0.717, 1.165) is 11.8 Å². The molecule has 76 valence electrons. The third-order valence-electron chi connectivity index (χ3n) is 2.62. The van der Waals surface area contributed by atoms with Gasteiger partial charge in [-0.1, -0.05) is 25.1 Å². The zero-order valence-corrected chi connectivity index (χ0v) is 9.39. The number of rotatable bonds is 4. The molecule has 0 aromatic heterocycles. The summed E-state index contributed by atoms with van der Waals surface area (Å²) in [6.45, 7) is 2.94. The van der Waals surface area contributed by atoms with Gasteiger partial charge in [-0.3, -0.25) is 0 Å². The Morgan fingerprint density at radius 1 is 1.43 bits per heavy atom. The van der Waals surface area contributed by atoms with E-state index in [2.05, 4.69) is 31.2 Å². The maximum atomic E-state index is 5.71. The first-order valence-electron chi connectivity index (χ1n) is 5.27. The monoisotopic (exact) mass is 207 g/mol. The average molecular weight is 207 g/mol. The van der Waals surface area contributed by atoms with E-state index < -0.39 is 0 Å². The Balaban J connectivity index is 2.18. The van der Waals surface area contributed by atoms with Gasteiger partial charge in [0.25, 0.3) is 0 Å². The van der Waals surface area contributed by atoms with Gasteiger partial charge in [-0.25, -0.2) is 0 Å². The highest BCUT2D eigenvalue weighted by molar-refractivity contribution is 8.00. The molecule has 0 saturated heterocycles. The van der Waals surface area contributed by atoms with Gasteiger partial charge < -0.3 is 5.73 Å². The van der Waals surface area contributed by atoms with E-state index in [9.17, 15) is 0 Å². The number of nitrogens with two attached hydrogens (primary N) is 1. The lowest BCUT2D eigenvalue weighted by Crippen LogP contribution is -2.09. The van der Waals surface area contributed by atoms with E-state index in [0.29, 0.717) is 5.92 Å². The maximum Gasteiger partial charge on any atom is 0.0110 e. The van der Waals surface area contributed by atoms with Crippen molar-refractivity contribution in [1.82, 2.24) is 0 Å². The highest BCUT2D eigenvalue weighted by Gasteiger charge is 2.24. The first kappa shape index (κ1) is 10.1. The van der Waals surface area contributed by atoms with Crippen LogP contribution in [-0.2, 0) is 0 Å². The van der Waals surface area contributed by atoms with Crippen LogP contribution in [-0.4, -0.2) is 11.8 Å². The van der Waals surface area contributed by atoms with Crippen LogP contribution in [0.4, 0.5) is 0 Å². The number of hydrogen-bond donors (Lipinski definition) is 1. The molecule has 0 radical (unpaired) electrons. The summed E-state index contributed by atoms with van der Waals surface area (Å²) in [5.74, 6) is 0.484. The predicted molar refractivity (Wildman–Crippen MR) is 62.8 cm³/mol. The zero-order chi connectivity index (χ0) is 9.97. The molecule has 1 atom stereocenters. The summed E-state index contributed by atoms with van der Waals surface area (Å²) in [4.78, 5) is 1.44. The molecule has 1 aliphatic carbocycles. The lowest BCUT2D eigenvalue weighted by atomic mass is 10.0. The first-order chi connectivity index (χ1) is 6.81. The van der Waals surface area contributed by atoms with E-state index in [-0.39, 0.29) is 0 Å². The van der Waals surface area contributed by atoms with Crippen LogP contribution in [0.15, 0.2) is 29.2 Å². The fourth-order valence-corrected chi connectivity index (χ4v) is 2.78. The Bertz CT molecular complexity index is 307. The molecule has 1 aromatic rings. The third-order valence-corrected chi connectivity index (χ3v) is 4.05. The molecule has 1 unspecified atom stereocenters. The molecule has 1 saturated carbocycles. The Kier molecular flexibility index (Phi) is 3.14. The molecule has 1 fully saturated rings. The summed E-state index contributed by atoms with van der Waals surface area (Å²) in [6, 6.07) is 8.67. The standard InChI is InChI=1S/C12H17NS/c1-9(8-13)11-4-2-3-5-12(11)14-10-6-7-10/h2-5,9-10H,6-8,13H2,1H3. The largest absolute Gasteiger partial charge is 0.330 e. The molecule has 2 heteroatoms. The minimum atomic E-state index is 0.484. The summed E-state index contributed by atoms with van der Waals surface area (Å²) >= 11 is 2.02. The van der Waals surface area contributed by atoms with E-state index in [4.69, 9.17) is 5.73 Å². The summed E-state index contributed by atoms with van der Waals surface area (Å²) in [6.07, 6.45) is 2.77. The first-order valence-corrected chi connectivity index (χ1v) is 6.15. The Labute approximate surface area is 90.1 Å². The quantitative estimate of drug-likeness (QED) is 0.821. The molecule has 0 bridgehead atoms. The van der Waals surface area contributed by atoms with Crippen LogP contribution in [0.25, 0.3) is 0 Å². The van der Waals surface area contributed by atoms with Gasteiger partial charge in [0.2, 0.25) is 0 Å². The smallest absolute Gasteiger partial charge is 0.0110 e. The van der Waals surface area contributed by atoms with Gasteiger partial charge in [-0.05, 0) is 36.9 Å². The molecule has 14 heavy (non-hydrogen) atoms. The Morgan fingerprint density at radius 3 is 2.79 bits per heavy atom. The van der Waals surface area contributed by atoms with Crippen molar-refractivity contribution in [1.29, 1.82) is 0 Å². The molecule has 1 nitrogen and oxygen atoms in total. The summed E-state index contributed by atoms with van der Waals surface area (Å²) in [5.41, 5.74) is 7.13. The molecule has 1 aromatic carbocycles. The Morgan fingerprint density at radius 2 is 2.14 bits per heavy atom. The van der Waals surface area contributed by atoms with Crippen molar-refractivity contribution in [3.8, 4) is 0 Å². The fraction of sp³-hybridized carbons (Fsp3) is 0.500. The van der Waals surface area contributed by atoms with E-state index in [1.54, 1.807) is 0 Å². The van der Waals surface area contributed by atoms with Crippen LogP contribution in [0.1, 0.15) is 31.2 Å². The average Bonchev–Trinajstić information content (AvgIpc) is 3.01. The molecular formula is C12H17NS. The molecule has 2 N–H and O–H groups in total. The van der Waals surface area contributed by atoms with Gasteiger partial charge in [0.05, 0.1) is 0 Å². The predicted octanol–water partition coefficient (Wildman–Crippen LogP) is 3.00. The van der Waals surface area contributed by atoms with Crippen molar-refractivity contribution in [2.45, 2.75) is 35.8 Å². The second-order valence-electron chi connectivity index (χ2n) is 3.99. The number of benzene rings is 1. The SMILES string of the molecule is CC(CN)c1ccccc1SC1CC1. The third kappa shape index (κ3) is 2.31. The van der Waals surface area contributed by atoms with Crippen molar-refractivity contribution < 1.29 is 0 Å². The van der Waals surface area contributed by atoms with Crippen molar-refractivity contribution in [3.63, 3.8) is 0 Å². The van der Waals surface area contributed by atoms with Crippen LogP contribution in [0.5, 0.6) is 0 Å². The fourth-order valence-electron chi connectivity index (χ4n) is 1.49. The highest BCUT2D eigenvalue weighted by Crippen LogP contribution is 2.41. The van der Waals surface area contributed by atoms with Crippen molar-refractivity contribution in [2.24, 2.45) is 5.73 Å². The maximum absolute atomic E-state index is 5.71. The molecule has 0 aliphatic heterocycles. The van der Waals surface area contributed by atoms with Crippen molar-refractivity contribution in [3.05, 3.63) is 29.8 Å². The Hall–Kier alpha value is -0.470. The molecule has 1 aliphatic rings. The topological polar surface area (TPSA) is 26.0 Å². The van der Waals surface area contributed by atoms with Crippen LogP contribution < -0.4 is 5.73 Å². The van der Waals surface area contributed by atoms with E-state index in [1.165, 1.54) is 23.3 Å². The van der Waals surface area contributed by atoms with Gasteiger partial charge in [0.15, 0.2) is 0 Å². The second kappa shape index (κ2) is 4.37. The molecule has 0 amide bonds. The summed E-state index contributed by atoms with van der Waals surface area (Å²) < 4.78 is 0. The van der Waals surface area contributed by atoms with Crippen molar-refractivity contribution in [2.75, 3.05) is 6.54 Å². The molecule has 0 heterocycles. The highest BCUT2D eigenvalue weighted by atomic mass is 32.2. The van der Waals surface area contributed by atoms with Crippen molar-refractivity contribution >= 4 is 11.8 Å². The summed E-state index contributed by atoms with van der Waals surface area (Å²) in [7, 11) is 0. The minimum absolute atomic E-state index is 0.484. The lowest BCUT2D eigenvalue weighted by molar-refractivity contribution is 0.758.